The van der Waals surface area contributed by atoms with Gasteiger partial charge in [0.15, 0.2) is 9.84 Å². The van der Waals surface area contributed by atoms with Crippen LogP contribution in [0, 0.1) is 0 Å². The van der Waals surface area contributed by atoms with Crippen LogP contribution in [-0.4, -0.2) is 44.0 Å². The number of amides is 1. The van der Waals surface area contributed by atoms with Gasteiger partial charge in [0.25, 0.3) is 0 Å². The Morgan fingerprint density at radius 1 is 1.44 bits per heavy atom. The molecule has 2 aliphatic rings. The molecule has 1 saturated carbocycles. The topological polar surface area (TPSA) is 75.3 Å². The minimum atomic E-state index is -2.95. The van der Waals surface area contributed by atoms with Crippen molar-refractivity contribution in [2.45, 2.75) is 37.8 Å². The molecule has 0 spiro atoms. The zero-order valence-corrected chi connectivity index (χ0v) is 10.3. The van der Waals surface area contributed by atoms with Gasteiger partial charge in [0.05, 0.1) is 23.6 Å². The Morgan fingerprint density at radius 3 is 2.62 bits per heavy atom. The third-order valence-corrected chi connectivity index (χ3v) is 4.98. The van der Waals surface area contributed by atoms with Crippen molar-refractivity contribution >= 4 is 15.7 Å². The molecule has 5 nitrogen and oxygen atoms in total. The van der Waals surface area contributed by atoms with Gasteiger partial charge >= 0.3 is 0 Å². The summed E-state index contributed by atoms with van der Waals surface area (Å²) in [6.07, 6.45) is 2.79. The molecule has 1 atom stereocenters. The minimum absolute atomic E-state index is 0.0647. The molecule has 0 aromatic heterocycles. The van der Waals surface area contributed by atoms with Gasteiger partial charge in [-0.2, -0.15) is 0 Å². The first-order chi connectivity index (χ1) is 7.39. The number of carbonyl (C=O) groups is 1. The molecule has 0 aromatic carbocycles. The molecule has 1 amide bonds. The maximum atomic E-state index is 11.6. The lowest BCUT2D eigenvalue weighted by Crippen LogP contribution is -2.49. The van der Waals surface area contributed by atoms with Crippen molar-refractivity contribution in [2.75, 3.05) is 18.1 Å². The summed E-state index contributed by atoms with van der Waals surface area (Å²) in [6.45, 7) is 2.09. The minimum Gasteiger partial charge on any atom is -0.349 e. The summed E-state index contributed by atoms with van der Waals surface area (Å²) in [6, 6.07) is 0.492. The molecule has 92 valence electrons. The van der Waals surface area contributed by atoms with Crippen LogP contribution in [0.5, 0.6) is 0 Å². The molecule has 0 bridgehead atoms. The Hall–Kier alpha value is -0.620. The van der Waals surface area contributed by atoms with E-state index >= 15 is 0 Å². The largest absolute Gasteiger partial charge is 0.349 e. The predicted molar refractivity (Wildman–Crippen MR) is 60.8 cm³/mol. The molecule has 0 aromatic rings. The number of rotatable bonds is 4. The van der Waals surface area contributed by atoms with Crippen LogP contribution in [0.2, 0.25) is 0 Å². The molecule has 2 fully saturated rings. The van der Waals surface area contributed by atoms with E-state index in [1.54, 1.807) is 6.92 Å². The van der Waals surface area contributed by atoms with Crippen molar-refractivity contribution in [3.63, 3.8) is 0 Å². The molecule has 1 unspecified atom stereocenters. The molecule has 1 heterocycles. The zero-order chi connectivity index (χ0) is 11.8. The third kappa shape index (κ3) is 3.18. The van der Waals surface area contributed by atoms with E-state index in [9.17, 15) is 13.2 Å². The molecular formula is C10H18N2O3S. The van der Waals surface area contributed by atoms with Crippen molar-refractivity contribution in [3.8, 4) is 0 Å². The van der Waals surface area contributed by atoms with Crippen LogP contribution in [0.4, 0.5) is 0 Å². The Morgan fingerprint density at radius 2 is 2.12 bits per heavy atom. The summed E-state index contributed by atoms with van der Waals surface area (Å²) in [7, 11) is -2.95. The summed E-state index contributed by atoms with van der Waals surface area (Å²) in [5.74, 6) is 0.140. The first-order valence-electron chi connectivity index (χ1n) is 5.63. The first-order valence-corrected chi connectivity index (χ1v) is 7.46. The number of hydrogen-bond acceptors (Lipinski definition) is 4. The second-order valence-electron chi connectivity index (χ2n) is 5.11. The molecule has 1 aliphatic heterocycles. The van der Waals surface area contributed by atoms with E-state index in [1.807, 2.05) is 0 Å². The van der Waals surface area contributed by atoms with Gasteiger partial charge < -0.3 is 10.6 Å². The van der Waals surface area contributed by atoms with Gasteiger partial charge in [0.2, 0.25) is 5.91 Å². The molecule has 16 heavy (non-hydrogen) atoms. The van der Waals surface area contributed by atoms with E-state index in [4.69, 9.17) is 0 Å². The molecule has 6 heteroatoms. The predicted octanol–water partition coefficient (Wildman–Crippen LogP) is -0.568. The second-order valence-corrected chi connectivity index (χ2v) is 7.29. The molecule has 2 N–H and O–H groups in total. The van der Waals surface area contributed by atoms with E-state index in [0.717, 1.165) is 12.8 Å². The molecular weight excluding hydrogens is 228 g/mol. The van der Waals surface area contributed by atoms with Crippen LogP contribution in [0.15, 0.2) is 0 Å². The average molecular weight is 246 g/mol. The number of sulfone groups is 1. The number of carbonyl (C=O) groups excluding carboxylic acids is 1. The van der Waals surface area contributed by atoms with Gasteiger partial charge in [-0.15, -0.1) is 0 Å². The van der Waals surface area contributed by atoms with Crippen molar-refractivity contribution < 1.29 is 13.2 Å². The highest BCUT2D eigenvalue weighted by atomic mass is 32.2. The van der Waals surface area contributed by atoms with Crippen LogP contribution in [0.3, 0.4) is 0 Å². The highest BCUT2D eigenvalue weighted by Gasteiger charge is 2.39. The van der Waals surface area contributed by atoms with Crippen LogP contribution >= 0.6 is 0 Å². The lowest BCUT2D eigenvalue weighted by atomic mass is 10.0. The normalized spacial score (nSPS) is 32.6. The van der Waals surface area contributed by atoms with Gasteiger partial charge in [0, 0.05) is 6.04 Å². The third-order valence-electron chi connectivity index (χ3n) is 3.07. The summed E-state index contributed by atoms with van der Waals surface area (Å²) in [5, 5.41) is 5.92. The van der Waals surface area contributed by atoms with Gasteiger partial charge in [-0.3, -0.25) is 4.79 Å². The van der Waals surface area contributed by atoms with Crippen molar-refractivity contribution in [3.05, 3.63) is 0 Å². The number of hydrogen-bond donors (Lipinski definition) is 2. The Kier molecular flexibility index (Phi) is 2.96. The van der Waals surface area contributed by atoms with Crippen LogP contribution < -0.4 is 10.6 Å². The van der Waals surface area contributed by atoms with E-state index in [2.05, 4.69) is 10.6 Å². The fourth-order valence-electron chi connectivity index (χ4n) is 2.01. The lowest BCUT2D eigenvalue weighted by molar-refractivity contribution is -0.121. The Balaban J connectivity index is 1.81. The quantitative estimate of drug-likeness (QED) is 0.697. The van der Waals surface area contributed by atoms with E-state index in [1.165, 1.54) is 0 Å². The van der Waals surface area contributed by atoms with E-state index in [0.29, 0.717) is 19.0 Å². The summed E-state index contributed by atoms with van der Waals surface area (Å²) >= 11 is 0. The SMILES string of the molecule is CC1(NC(=O)CNC2CC2)CCS(=O)(=O)C1. The van der Waals surface area contributed by atoms with Gasteiger partial charge in [0.1, 0.15) is 0 Å². The molecule has 0 radical (unpaired) electrons. The smallest absolute Gasteiger partial charge is 0.234 e. The van der Waals surface area contributed by atoms with Crippen molar-refractivity contribution in [1.29, 1.82) is 0 Å². The van der Waals surface area contributed by atoms with Gasteiger partial charge in [-0.05, 0) is 26.2 Å². The summed E-state index contributed by atoms with van der Waals surface area (Å²) < 4.78 is 22.7. The van der Waals surface area contributed by atoms with Crippen LogP contribution in [0.1, 0.15) is 26.2 Å². The first kappa shape index (κ1) is 11.9. The van der Waals surface area contributed by atoms with Crippen LogP contribution in [-0.2, 0) is 14.6 Å². The zero-order valence-electron chi connectivity index (χ0n) is 9.45. The molecule has 2 rings (SSSR count). The maximum Gasteiger partial charge on any atom is 0.234 e. The monoisotopic (exact) mass is 246 g/mol. The highest BCUT2D eigenvalue weighted by Crippen LogP contribution is 2.22. The second kappa shape index (κ2) is 4.00. The average Bonchev–Trinajstić information content (AvgIpc) is 2.90. The van der Waals surface area contributed by atoms with Crippen molar-refractivity contribution in [1.82, 2.24) is 10.6 Å². The Labute approximate surface area is 95.9 Å². The van der Waals surface area contributed by atoms with E-state index in [-0.39, 0.29) is 17.4 Å². The maximum absolute atomic E-state index is 11.6. The molecule has 1 aliphatic carbocycles. The highest BCUT2D eigenvalue weighted by molar-refractivity contribution is 7.91. The van der Waals surface area contributed by atoms with E-state index < -0.39 is 15.4 Å². The number of nitrogens with one attached hydrogen (secondary N) is 2. The van der Waals surface area contributed by atoms with Gasteiger partial charge in [-0.1, -0.05) is 0 Å². The van der Waals surface area contributed by atoms with Crippen LogP contribution in [0.25, 0.3) is 0 Å². The summed E-state index contributed by atoms with van der Waals surface area (Å²) in [4.78, 5) is 11.6. The fraction of sp³-hybridized carbons (Fsp3) is 0.900. The molecule has 1 saturated heterocycles. The lowest BCUT2D eigenvalue weighted by Gasteiger charge is -2.23. The summed E-state index contributed by atoms with van der Waals surface area (Å²) in [5.41, 5.74) is -0.568. The van der Waals surface area contributed by atoms with Gasteiger partial charge in [-0.25, -0.2) is 8.42 Å². The Bertz CT molecular complexity index is 389. The van der Waals surface area contributed by atoms with Crippen molar-refractivity contribution in [2.24, 2.45) is 0 Å². The fourth-order valence-corrected chi connectivity index (χ4v) is 4.11. The standard InChI is InChI=1S/C10H18N2O3S/c1-10(4-5-16(14,15)7-10)12-9(13)6-11-8-2-3-8/h8,11H,2-7H2,1H3,(H,12,13).